The molecular formula is C16H18ClNO2. The maximum absolute atomic E-state index is 6.12. The lowest BCUT2D eigenvalue weighted by Gasteiger charge is -2.13. The lowest BCUT2D eigenvalue weighted by Crippen LogP contribution is -2.04. The van der Waals surface area contributed by atoms with Crippen molar-refractivity contribution in [2.45, 2.75) is 13.0 Å². The minimum absolute atomic E-state index is 0.405. The molecule has 4 heteroatoms. The predicted octanol–water partition coefficient (Wildman–Crippen LogP) is 3.43. The fourth-order valence-electron chi connectivity index (χ4n) is 1.93. The van der Waals surface area contributed by atoms with E-state index in [2.05, 4.69) is 0 Å². The summed E-state index contributed by atoms with van der Waals surface area (Å²) in [7, 11) is 1.63. The van der Waals surface area contributed by atoms with Crippen molar-refractivity contribution in [3.8, 4) is 11.5 Å². The quantitative estimate of drug-likeness (QED) is 0.887. The fourth-order valence-corrected chi connectivity index (χ4v) is 2.12. The summed E-state index contributed by atoms with van der Waals surface area (Å²) in [5.74, 6) is 1.41. The first-order valence-electron chi connectivity index (χ1n) is 6.47. The van der Waals surface area contributed by atoms with Gasteiger partial charge in [-0.05, 0) is 36.7 Å². The Labute approximate surface area is 124 Å². The minimum Gasteiger partial charge on any atom is -0.493 e. The van der Waals surface area contributed by atoms with E-state index in [0.717, 1.165) is 17.5 Å². The van der Waals surface area contributed by atoms with Gasteiger partial charge in [0.15, 0.2) is 11.5 Å². The summed E-state index contributed by atoms with van der Waals surface area (Å²) in [4.78, 5) is 0. The Balaban J connectivity index is 2.15. The van der Waals surface area contributed by atoms with Gasteiger partial charge in [0.05, 0.1) is 7.11 Å². The molecule has 3 nitrogen and oxygen atoms in total. The smallest absolute Gasteiger partial charge is 0.161 e. The summed E-state index contributed by atoms with van der Waals surface area (Å²) in [6.45, 7) is 1.01. The molecule has 0 saturated heterocycles. The first kappa shape index (κ1) is 14.7. The van der Waals surface area contributed by atoms with E-state index in [0.29, 0.717) is 29.7 Å². The van der Waals surface area contributed by atoms with E-state index in [9.17, 15) is 0 Å². The maximum Gasteiger partial charge on any atom is 0.161 e. The fraction of sp³-hybridized carbons (Fsp3) is 0.250. The molecule has 0 aliphatic heterocycles. The van der Waals surface area contributed by atoms with Crippen LogP contribution in [0.1, 0.15) is 11.1 Å². The molecule has 2 N–H and O–H groups in total. The molecule has 0 unspecified atom stereocenters. The van der Waals surface area contributed by atoms with Crippen LogP contribution >= 0.6 is 11.6 Å². The standard InChI is InChI=1S/C16H18ClNO2/c1-19-15-7-6-12(8-9-18)10-16(15)20-11-13-4-2-3-5-14(13)17/h2-7,10H,8-9,11,18H2,1H3. The molecule has 2 aromatic rings. The van der Waals surface area contributed by atoms with Gasteiger partial charge in [0, 0.05) is 10.6 Å². The van der Waals surface area contributed by atoms with Gasteiger partial charge in [0.2, 0.25) is 0 Å². The second-order valence-electron chi connectivity index (χ2n) is 4.40. The number of rotatable bonds is 6. The van der Waals surface area contributed by atoms with Crippen LogP contribution in [0.5, 0.6) is 11.5 Å². The van der Waals surface area contributed by atoms with Crippen LogP contribution in [0.2, 0.25) is 5.02 Å². The number of halogens is 1. The molecule has 0 radical (unpaired) electrons. The van der Waals surface area contributed by atoms with Gasteiger partial charge < -0.3 is 15.2 Å². The van der Waals surface area contributed by atoms with E-state index in [1.807, 2.05) is 42.5 Å². The summed E-state index contributed by atoms with van der Waals surface area (Å²) >= 11 is 6.12. The summed E-state index contributed by atoms with van der Waals surface area (Å²) < 4.78 is 11.1. The number of hydrogen-bond donors (Lipinski definition) is 1. The molecule has 0 amide bonds. The van der Waals surface area contributed by atoms with Crippen molar-refractivity contribution in [3.05, 3.63) is 58.6 Å². The van der Waals surface area contributed by atoms with Crippen LogP contribution < -0.4 is 15.2 Å². The van der Waals surface area contributed by atoms with Gasteiger partial charge in [-0.15, -0.1) is 0 Å². The SMILES string of the molecule is COc1ccc(CCN)cc1OCc1ccccc1Cl. The zero-order chi connectivity index (χ0) is 14.4. The third-order valence-electron chi connectivity index (χ3n) is 3.00. The van der Waals surface area contributed by atoms with Crippen LogP contribution in [0.15, 0.2) is 42.5 Å². The van der Waals surface area contributed by atoms with Crippen molar-refractivity contribution in [1.82, 2.24) is 0 Å². The summed E-state index contributed by atoms with van der Waals surface area (Å²) in [6.07, 6.45) is 0.812. The van der Waals surface area contributed by atoms with Crippen molar-refractivity contribution in [2.75, 3.05) is 13.7 Å². The Morgan fingerprint density at radius 1 is 1.10 bits per heavy atom. The highest BCUT2D eigenvalue weighted by molar-refractivity contribution is 6.31. The van der Waals surface area contributed by atoms with Crippen molar-refractivity contribution in [1.29, 1.82) is 0 Å². The Hall–Kier alpha value is -1.71. The van der Waals surface area contributed by atoms with E-state index in [-0.39, 0.29) is 0 Å². The molecular weight excluding hydrogens is 274 g/mol. The van der Waals surface area contributed by atoms with E-state index in [4.69, 9.17) is 26.8 Å². The largest absolute Gasteiger partial charge is 0.493 e. The summed E-state index contributed by atoms with van der Waals surface area (Å²) in [5, 5.41) is 0.699. The lowest BCUT2D eigenvalue weighted by molar-refractivity contribution is 0.284. The van der Waals surface area contributed by atoms with Crippen LogP contribution in [0.3, 0.4) is 0 Å². The minimum atomic E-state index is 0.405. The average Bonchev–Trinajstić information content (AvgIpc) is 2.47. The van der Waals surface area contributed by atoms with Crippen molar-refractivity contribution in [3.63, 3.8) is 0 Å². The highest BCUT2D eigenvalue weighted by atomic mass is 35.5. The van der Waals surface area contributed by atoms with E-state index in [1.165, 1.54) is 0 Å². The molecule has 2 aromatic carbocycles. The van der Waals surface area contributed by atoms with Crippen LogP contribution in [-0.4, -0.2) is 13.7 Å². The first-order valence-corrected chi connectivity index (χ1v) is 6.85. The van der Waals surface area contributed by atoms with Crippen LogP contribution in [0, 0.1) is 0 Å². The number of ether oxygens (including phenoxy) is 2. The van der Waals surface area contributed by atoms with Crippen molar-refractivity contribution in [2.24, 2.45) is 5.73 Å². The van der Waals surface area contributed by atoms with Gasteiger partial charge in [-0.2, -0.15) is 0 Å². The molecule has 106 valence electrons. The molecule has 0 aliphatic carbocycles. The normalized spacial score (nSPS) is 10.3. The number of nitrogens with two attached hydrogens (primary N) is 1. The van der Waals surface area contributed by atoms with Gasteiger partial charge in [-0.3, -0.25) is 0 Å². The number of methoxy groups -OCH3 is 1. The molecule has 0 heterocycles. The monoisotopic (exact) mass is 291 g/mol. The predicted molar refractivity (Wildman–Crippen MR) is 81.5 cm³/mol. The molecule has 0 bridgehead atoms. The topological polar surface area (TPSA) is 44.5 Å². The highest BCUT2D eigenvalue weighted by Gasteiger charge is 2.07. The molecule has 0 spiro atoms. The van der Waals surface area contributed by atoms with Gasteiger partial charge in [-0.25, -0.2) is 0 Å². The van der Waals surface area contributed by atoms with Crippen LogP contribution in [-0.2, 0) is 13.0 Å². The summed E-state index contributed by atoms with van der Waals surface area (Å²) in [6, 6.07) is 13.5. The lowest BCUT2D eigenvalue weighted by atomic mass is 10.1. The number of benzene rings is 2. The van der Waals surface area contributed by atoms with Crippen LogP contribution in [0.25, 0.3) is 0 Å². The summed E-state index contributed by atoms with van der Waals surface area (Å²) in [5.41, 5.74) is 7.65. The van der Waals surface area contributed by atoms with Crippen molar-refractivity contribution < 1.29 is 9.47 Å². The zero-order valence-electron chi connectivity index (χ0n) is 11.4. The Morgan fingerprint density at radius 3 is 2.60 bits per heavy atom. The molecule has 2 rings (SSSR count). The third-order valence-corrected chi connectivity index (χ3v) is 3.37. The molecule has 0 saturated carbocycles. The van der Waals surface area contributed by atoms with Gasteiger partial charge >= 0.3 is 0 Å². The molecule has 0 aliphatic rings. The Morgan fingerprint density at radius 2 is 1.90 bits per heavy atom. The van der Waals surface area contributed by atoms with Gasteiger partial charge in [0.25, 0.3) is 0 Å². The second-order valence-corrected chi connectivity index (χ2v) is 4.81. The molecule has 0 atom stereocenters. The third kappa shape index (κ3) is 3.65. The zero-order valence-corrected chi connectivity index (χ0v) is 12.2. The van der Waals surface area contributed by atoms with Gasteiger partial charge in [-0.1, -0.05) is 35.9 Å². The van der Waals surface area contributed by atoms with Crippen LogP contribution in [0.4, 0.5) is 0 Å². The van der Waals surface area contributed by atoms with Gasteiger partial charge in [0.1, 0.15) is 6.61 Å². The van der Waals surface area contributed by atoms with E-state index >= 15 is 0 Å². The average molecular weight is 292 g/mol. The van der Waals surface area contributed by atoms with E-state index in [1.54, 1.807) is 7.11 Å². The molecule has 0 aromatic heterocycles. The van der Waals surface area contributed by atoms with Crippen molar-refractivity contribution >= 4 is 11.6 Å². The van der Waals surface area contributed by atoms with E-state index < -0.39 is 0 Å². The Bertz CT molecular complexity index is 572. The maximum atomic E-state index is 6.12. The molecule has 20 heavy (non-hydrogen) atoms. The Kier molecular flexibility index (Phi) is 5.27. The molecule has 0 fully saturated rings. The highest BCUT2D eigenvalue weighted by Crippen LogP contribution is 2.29. The first-order chi connectivity index (χ1) is 9.74. The second kappa shape index (κ2) is 7.17. The number of hydrogen-bond acceptors (Lipinski definition) is 3.